The Morgan fingerprint density at radius 2 is 2.30 bits per heavy atom. The van der Waals surface area contributed by atoms with Gasteiger partial charge in [-0.2, -0.15) is 0 Å². The smallest absolute Gasteiger partial charge is 0.253 e. The number of nitrogens with two attached hydrogens (primary N) is 1. The Bertz CT molecular complexity index is 582. The highest BCUT2D eigenvalue weighted by Crippen LogP contribution is 2.23. The molecule has 1 aromatic carbocycles. The lowest BCUT2D eigenvalue weighted by molar-refractivity contribution is -0.125. The van der Waals surface area contributed by atoms with Crippen molar-refractivity contribution in [2.75, 3.05) is 43.1 Å². The molecule has 1 atom stereocenters. The largest absolute Gasteiger partial charge is 0.370 e. The third kappa shape index (κ3) is 4.25. The number of morpholine rings is 1. The minimum atomic E-state index is -0.609. The van der Waals surface area contributed by atoms with Crippen LogP contribution in [0.1, 0.15) is 6.92 Å². The van der Waals surface area contributed by atoms with Gasteiger partial charge >= 0.3 is 0 Å². The van der Waals surface area contributed by atoms with E-state index in [1.165, 1.54) is 17.0 Å². The summed E-state index contributed by atoms with van der Waals surface area (Å²) in [4.78, 5) is 25.2. The maximum absolute atomic E-state index is 14.2. The highest BCUT2D eigenvalue weighted by Gasteiger charge is 2.22. The second-order valence-electron chi connectivity index (χ2n) is 5.10. The van der Waals surface area contributed by atoms with Crippen molar-refractivity contribution < 1.29 is 18.7 Å². The fraction of sp³-hybridized carbons (Fsp3) is 0.467. The van der Waals surface area contributed by atoms with Gasteiger partial charge in [0.15, 0.2) is 0 Å². The van der Waals surface area contributed by atoms with Crippen molar-refractivity contribution in [3.05, 3.63) is 24.0 Å². The van der Waals surface area contributed by atoms with E-state index >= 15 is 0 Å². The number of anilines is 2. The third-order valence-corrected chi connectivity index (χ3v) is 3.51. The highest BCUT2D eigenvalue weighted by molar-refractivity contribution is 5.97. The molecule has 1 aromatic rings. The van der Waals surface area contributed by atoms with Crippen molar-refractivity contribution in [1.29, 1.82) is 0 Å². The standard InChI is InChI=1S/C15H21FN4O3/c1-2-18-13(8-17)15(22)19-12-4-3-10(7-11(12)16)20-5-6-23-9-14(20)21/h3-4,7,13,18H,2,5-6,8-9,17H2,1H3,(H,19,22)/t13-/m1/s1. The Kier molecular flexibility index (Phi) is 6.03. The van der Waals surface area contributed by atoms with E-state index in [1.807, 2.05) is 6.92 Å². The molecule has 0 aromatic heterocycles. The molecule has 1 heterocycles. The SMILES string of the molecule is CCN[C@H](CN)C(=O)Nc1ccc(N2CCOCC2=O)cc1F. The van der Waals surface area contributed by atoms with Crippen LogP contribution >= 0.6 is 0 Å². The van der Waals surface area contributed by atoms with Gasteiger partial charge < -0.3 is 26.0 Å². The summed E-state index contributed by atoms with van der Waals surface area (Å²) in [5.74, 6) is -1.23. The molecule has 4 N–H and O–H groups in total. The Morgan fingerprint density at radius 1 is 1.52 bits per heavy atom. The van der Waals surface area contributed by atoms with E-state index in [-0.39, 0.29) is 24.7 Å². The molecule has 0 radical (unpaired) electrons. The van der Waals surface area contributed by atoms with Crippen LogP contribution in [0, 0.1) is 5.82 Å². The van der Waals surface area contributed by atoms with Crippen LogP contribution in [0.4, 0.5) is 15.8 Å². The molecule has 2 amide bonds. The van der Waals surface area contributed by atoms with Crippen LogP contribution in [0.15, 0.2) is 18.2 Å². The van der Waals surface area contributed by atoms with Crippen LogP contribution in [0.5, 0.6) is 0 Å². The van der Waals surface area contributed by atoms with Gasteiger partial charge in [-0.1, -0.05) is 6.92 Å². The molecular formula is C15H21FN4O3. The molecule has 0 aliphatic carbocycles. The molecule has 23 heavy (non-hydrogen) atoms. The Hall–Kier alpha value is -2.03. The van der Waals surface area contributed by atoms with Gasteiger partial charge in [-0.25, -0.2) is 4.39 Å². The summed E-state index contributed by atoms with van der Waals surface area (Å²) >= 11 is 0. The van der Waals surface area contributed by atoms with Crippen LogP contribution in [-0.4, -0.2) is 50.7 Å². The number of carbonyl (C=O) groups excluding carboxylic acids is 2. The average Bonchev–Trinajstić information content (AvgIpc) is 2.55. The molecule has 1 aliphatic heterocycles. The maximum Gasteiger partial charge on any atom is 0.253 e. The van der Waals surface area contributed by atoms with Gasteiger partial charge in [0.1, 0.15) is 12.4 Å². The van der Waals surface area contributed by atoms with Crippen molar-refractivity contribution in [2.24, 2.45) is 5.73 Å². The Balaban J connectivity index is 2.10. The van der Waals surface area contributed by atoms with E-state index in [4.69, 9.17) is 10.5 Å². The molecule has 8 heteroatoms. The molecule has 1 saturated heterocycles. The summed E-state index contributed by atoms with van der Waals surface area (Å²) < 4.78 is 19.3. The first-order chi connectivity index (χ1) is 11.1. The number of amides is 2. The highest BCUT2D eigenvalue weighted by atomic mass is 19.1. The van der Waals surface area contributed by atoms with Crippen LogP contribution in [0.3, 0.4) is 0 Å². The van der Waals surface area contributed by atoms with E-state index in [0.29, 0.717) is 25.4 Å². The Labute approximate surface area is 134 Å². The van der Waals surface area contributed by atoms with Gasteiger partial charge in [0, 0.05) is 18.8 Å². The van der Waals surface area contributed by atoms with Crippen molar-refractivity contribution in [2.45, 2.75) is 13.0 Å². The average molecular weight is 324 g/mol. The normalized spacial score (nSPS) is 16.3. The van der Waals surface area contributed by atoms with Crippen LogP contribution in [-0.2, 0) is 14.3 Å². The number of hydrogen-bond acceptors (Lipinski definition) is 5. The van der Waals surface area contributed by atoms with E-state index in [9.17, 15) is 14.0 Å². The molecule has 0 bridgehead atoms. The molecule has 7 nitrogen and oxygen atoms in total. The number of benzene rings is 1. The van der Waals surface area contributed by atoms with Gasteiger partial charge in [-0.15, -0.1) is 0 Å². The summed E-state index contributed by atoms with van der Waals surface area (Å²) in [5.41, 5.74) is 6.01. The molecule has 0 spiro atoms. The van der Waals surface area contributed by atoms with E-state index < -0.39 is 17.8 Å². The number of hydrogen-bond donors (Lipinski definition) is 3. The topological polar surface area (TPSA) is 96.7 Å². The van der Waals surface area contributed by atoms with Crippen LogP contribution in [0.2, 0.25) is 0 Å². The number of nitrogens with one attached hydrogen (secondary N) is 2. The quantitative estimate of drug-likeness (QED) is 0.688. The lowest BCUT2D eigenvalue weighted by atomic mass is 10.2. The molecular weight excluding hydrogens is 303 g/mol. The number of likely N-dealkylation sites (N-methyl/N-ethyl adjacent to an activating group) is 1. The zero-order valence-electron chi connectivity index (χ0n) is 13.0. The summed E-state index contributed by atoms with van der Waals surface area (Å²) in [6, 6.07) is 3.67. The van der Waals surface area contributed by atoms with Gasteiger partial charge in [0.05, 0.1) is 18.3 Å². The first-order valence-electron chi connectivity index (χ1n) is 7.48. The first kappa shape index (κ1) is 17.3. The summed E-state index contributed by atoms with van der Waals surface area (Å²) in [7, 11) is 0. The van der Waals surface area contributed by atoms with E-state index in [1.54, 1.807) is 6.07 Å². The lowest BCUT2D eigenvalue weighted by Crippen LogP contribution is -2.45. The molecule has 2 rings (SSSR count). The second kappa shape index (κ2) is 8.00. The van der Waals surface area contributed by atoms with Gasteiger partial charge in [-0.3, -0.25) is 9.59 Å². The maximum atomic E-state index is 14.2. The molecule has 126 valence electrons. The molecule has 1 aliphatic rings. The van der Waals surface area contributed by atoms with Gasteiger partial charge in [-0.05, 0) is 24.7 Å². The lowest BCUT2D eigenvalue weighted by Gasteiger charge is -2.27. The number of rotatable bonds is 6. The first-order valence-corrected chi connectivity index (χ1v) is 7.48. The van der Waals surface area contributed by atoms with Crippen molar-refractivity contribution >= 4 is 23.2 Å². The predicted molar refractivity (Wildman–Crippen MR) is 84.7 cm³/mol. The minimum Gasteiger partial charge on any atom is -0.370 e. The van der Waals surface area contributed by atoms with Gasteiger partial charge in [0.2, 0.25) is 5.91 Å². The van der Waals surface area contributed by atoms with Crippen molar-refractivity contribution in [3.63, 3.8) is 0 Å². The number of carbonyl (C=O) groups is 2. The zero-order chi connectivity index (χ0) is 16.8. The fourth-order valence-corrected chi connectivity index (χ4v) is 2.31. The molecule has 0 unspecified atom stereocenters. The van der Waals surface area contributed by atoms with Crippen LogP contribution in [0.25, 0.3) is 0 Å². The van der Waals surface area contributed by atoms with Gasteiger partial charge in [0.25, 0.3) is 5.91 Å². The predicted octanol–water partition coefficient (Wildman–Crippen LogP) is 0.0642. The fourth-order valence-electron chi connectivity index (χ4n) is 2.31. The number of ether oxygens (including phenoxy) is 1. The summed E-state index contributed by atoms with van der Waals surface area (Å²) in [5, 5.41) is 5.42. The summed E-state index contributed by atoms with van der Waals surface area (Å²) in [6.45, 7) is 3.31. The third-order valence-electron chi connectivity index (χ3n) is 3.51. The monoisotopic (exact) mass is 324 g/mol. The van der Waals surface area contributed by atoms with Crippen LogP contribution < -0.4 is 21.3 Å². The second-order valence-corrected chi connectivity index (χ2v) is 5.10. The van der Waals surface area contributed by atoms with E-state index in [0.717, 1.165) is 0 Å². The molecule has 1 fully saturated rings. The summed E-state index contributed by atoms with van der Waals surface area (Å²) in [6.07, 6.45) is 0. The van der Waals surface area contributed by atoms with Crippen molar-refractivity contribution in [1.82, 2.24) is 5.32 Å². The van der Waals surface area contributed by atoms with E-state index in [2.05, 4.69) is 10.6 Å². The number of halogens is 1. The zero-order valence-corrected chi connectivity index (χ0v) is 13.0. The minimum absolute atomic E-state index is 0.0129. The Morgan fingerprint density at radius 3 is 2.91 bits per heavy atom. The number of nitrogens with zero attached hydrogens (tertiary/aromatic N) is 1. The molecule has 0 saturated carbocycles. The van der Waals surface area contributed by atoms with Crippen molar-refractivity contribution in [3.8, 4) is 0 Å².